The second kappa shape index (κ2) is 9.58. The number of nitrogens with zero attached hydrogens (tertiary/aromatic N) is 1. The third-order valence-corrected chi connectivity index (χ3v) is 5.95. The molecule has 0 spiro atoms. The zero-order valence-corrected chi connectivity index (χ0v) is 17.6. The summed E-state index contributed by atoms with van der Waals surface area (Å²) in [5.74, 6) is -0.198. The third kappa shape index (κ3) is 4.76. The highest BCUT2D eigenvalue weighted by molar-refractivity contribution is 6.30. The van der Waals surface area contributed by atoms with Crippen LogP contribution in [0.4, 0.5) is 10.1 Å². The molecule has 150 valence electrons. The Morgan fingerprint density at radius 3 is 2.57 bits per heavy atom. The van der Waals surface area contributed by atoms with Crippen molar-refractivity contribution in [1.29, 1.82) is 0 Å². The molecule has 3 rings (SSSR count). The fourth-order valence-corrected chi connectivity index (χ4v) is 4.25. The molecule has 2 nitrogen and oxygen atoms in total. The molecule has 1 aliphatic rings. The van der Waals surface area contributed by atoms with Crippen LogP contribution < -0.4 is 10.2 Å². The first-order valence-electron chi connectivity index (χ1n) is 10.1. The summed E-state index contributed by atoms with van der Waals surface area (Å²) in [5, 5.41) is 3.87. The van der Waals surface area contributed by atoms with Gasteiger partial charge in [0.2, 0.25) is 0 Å². The minimum atomic E-state index is -1.08. The monoisotopic (exact) mass is 400 g/mol. The Kier molecular flexibility index (Phi) is 7.14. The largest absolute Gasteiger partial charge is 0.369 e. The van der Waals surface area contributed by atoms with Gasteiger partial charge in [0.1, 0.15) is 6.17 Å². The average Bonchev–Trinajstić information content (AvgIpc) is 2.72. The number of benzene rings is 2. The number of nitrogens with one attached hydrogen (secondary N) is 1. The van der Waals surface area contributed by atoms with Crippen molar-refractivity contribution in [3.8, 4) is 0 Å². The number of halogens is 2. The molecular weight excluding hydrogens is 371 g/mol. The summed E-state index contributed by atoms with van der Waals surface area (Å²) < 4.78 is 15.3. The topological polar surface area (TPSA) is 15.3 Å². The number of allylic oxidation sites excluding steroid dienone is 1. The summed E-state index contributed by atoms with van der Waals surface area (Å²) in [6, 6.07) is 14.1. The van der Waals surface area contributed by atoms with Crippen molar-refractivity contribution in [1.82, 2.24) is 5.32 Å². The van der Waals surface area contributed by atoms with Crippen LogP contribution in [0.5, 0.6) is 0 Å². The first-order chi connectivity index (χ1) is 13.5. The number of alkyl halides is 1. The summed E-state index contributed by atoms with van der Waals surface area (Å²) in [5.41, 5.74) is 5.34. The SMILES string of the molecule is C=C(Cl)C(CC(F)c1ccc(N2CCNCC2)c(CC)c1)c1ccccc1C. The molecule has 0 amide bonds. The van der Waals surface area contributed by atoms with Gasteiger partial charge in [0, 0.05) is 42.8 Å². The Morgan fingerprint density at radius 2 is 1.93 bits per heavy atom. The molecule has 1 N–H and O–H groups in total. The van der Waals surface area contributed by atoms with E-state index in [0.29, 0.717) is 11.5 Å². The van der Waals surface area contributed by atoms with E-state index in [0.717, 1.165) is 49.3 Å². The van der Waals surface area contributed by atoms with Gasteiger partial charge in [0.15, 0.2) is 0 Å². The summed E-state index contributed by atoms with van der Waals surface area (Å²) in [7, 11) is 0. The molecule has 1 heterocycles. The molecule has 2 unspecified atom stereocenters. The Balaban J connectivity index is 1.82. The Bertz CT molecular complexity index is 814. The number of hydrogen-bond donors (Lipinski definition) is 1. The third-order valence-electron chi connectivity index (χ3n) is 5.69. The number of aryl methyl sites for hydroxylation is 2. The van der Waals surface area contributed by atoms with E-state index in [1.54, 1.807) is 0 Å². The van der Waals surface area contributed by atoms with Crippen molar-refractivity contribution in [3.63, 3.8) is 0 Å². The first-order valence-corrected chi connectivity index (χ1v) is 10.5. The number of anilines is 1. The van der Waals surface area contributed by atoms with Gasteiger partial charge in [-0.15, -0.1) is 0 Å². The Labute approximate surface area is 173 Å². The normalized spacial score (nSPS) is 16.6. The van der Waals surface area contributed by atoms with Crippen LogP contribution in [0, 0.1) is 6.92 Å². The predicted molar refractivity (Wildman–Crippen MR) is 118 cm³/mol. The number of rotatable bonds is 7. The lowest BCUT2D eigenvalue weighted by Gasteiger charge is -2.31. The minimum Gasteiger partial charge on any atom is -0.369 e. The fraction of sp³-hybridized carbons (Fsp3) is 0.417. The maximum absolute atomic E-state index is 15.3. The van der Waals surface area contributed by atoms with E-state index >= 15 is 4.39 Å². The predicted octanol–water partition coefficient (Wildman–Crippen LogP) is 5.90. The maximum Gasteiger partial charge on any atom is 0.126 e. The zero-order chi connectivity index (χ0) is 20.1. The molecule has 0 aliphatic carbocycles. The van der Waals surface area contributed by atoms with Crippen molar-refractivity contribution >= 4 is 17.3 Å². The van der Waals surface area contributed by atoms with Gasteiger partial charge >= 0.3 is 0 Å². The molecule has 0 radical (unpaired) electrons. The van der Waals surface area contributed by atoms with Crippen LogP contribution >= 0.6 is 11.6 Å². The van der Waals surface area contributed by atoms with Crippen LogP contribution in [0.2, 0.25) is 0 Å². The van der Waals surface area contributed by atoms with Crippen LogP contribution in [0.3, 0.4) is 0 Å². The molecule has 28 heavy (non-hydrogen) atoms. The lowest BCUT2D eigenvalue weighted by molar-refractivity contribution is 0.312. The first kappa shape index (κ1) is 20.9. The van der Waals surface area contributed by atoms with Crippen LogP contribution in [-0.4, -0.2) is 26.2 Å². The van der Waals surface area contributed by atoms with E-state index in [9.17, 15) is 0 Å². The van der Waals surface area contributed by atoms with E-state index in [4.69, 9.17) is 11.6 Å². The smallest absolute Gasteiger partial charge is 0.126 e. The van der Waals surface area contributed by atoms with Crippen molar-refractivity contribution in [2.45, 2.75) is 38.8 Å². The molecule has 2 aromatic carbocycles. The van der Waals surface area contributed by atoms with Crippen LogP contribution in [-0.2, 0) is 6.42 Å². The highest BCUT2D eigenvalue weighted by Gasteiger charge is 2.23. The standard InChI is InChI=1S/C24H30ClFN2/c1-4-19-15-20(9-10-24(19)28-13-11-27-12-14-28)23(26)16-22(18(3)25)21-8-6-5-7-17(21)2/h5-10,15,22-23,27H,3-4,11-14,16H2,1-2H3. The van der Waals surface area contributed by atoms with Crippen molar-refractivity contribution < 1.29 is 4.39 Å². The number of hydrogen-bond acceptors (Lipinski definition) is 2. The van der Waals surface area contributed by atoms with Gasteiger partial charge in [-0.25, -0.2) is 4.39 Å². The van der Waals surface area contributed by atoms with Gasteiger partial charge in [-0.3, -0.25) is 0 Å². The minimum absolute atomic E-state index is 0.198. The summed E-state index contributed by atoms with van der Waals surface area (Å²) >= 11 is 6.29. The van der Waals surface area contributed by atoms with Crippen LogP contribution in [0.1, 0.15) is 47.7 Å². The molecule has 1 aliphatic heterocycles. The molecule has 1 saturated heterocycles. The van der Waals surface area contributed by atoms with E-state index in [2.05, 4.69) is 29.8 Å². The van der Waals surface area contributed by atoms with E-state index < -0.39 is 6.17 Å². The van der Waals surface area contributed by atoms with E-state index in [1.165, 1.54) is 11.3 Å². The van der Waals surface area contributed by atoms with Gasteiger partial charge in [0.05, 0.1) is 0 Å². The molecule has 2 atom stereocenters. The lowest BCUT2D eigenvalue weighted by atomic mass is 9.88. The van der Waals surface area contributed by atoms with Crippen LogP contribution in [0.25, 0.3) is 0 Å². The van der Waals surface area contributed by atoms with E-state index in [1.807, 2.05) is 43.3 Å². The molecule has 0 saturated carbocycles. The molecule has 0 aromatic heterocycles. The lowest BCUT2D eigenvalue weighted by Crippen LogP contribution is -2.43. The maximum atomic E-state index is 15.3. The molecular formula is C24H30ClFN2. The zero-order valence-electron chi connectivity index (χ0n) is 16.8. The van der Waals surface area contributed by atoms with Crippen molar-refractivity contribution in [2.75, 3.05) is 31.1 Å². The van der Waals surface area contributed by atoms with Gasteiger partial charge in [-0.2, -0.15) is 0 Å². The second-order valence-electron chi connectivity index (χ2n) is 7.54. The number of piperazine rings is 1. The summed E-state index contributed by atoms with van der Waals surface area (Å²) in [6.07, 6.45) is 0.120. The van der Waals surface area contributed by atoms with Crippen molar-refractivity contribution in [2.24, 2.45) is 0 Å². The van der Waals surface area contributed by atoms with Gasteiger partial charge < -0.3 is 10.2 Å². The van der Waals surface area contributed by atoms with Gasteiger partial charge in [-0.1, -0.05) is 61.5 Å². The summed E-state index contributed by atoms with van der Waals surface area (Å²) in [6.45, 7) is 12.1. The molecule has 4 heteroatoms. The Morgan fingerprint density at radius 1 is 1.21 bits per heavy atom. The highest BCUT2D eigenvalue weighted by atomic mass is 35.5. The summed E-state index contributed by atoms with van der Waals surface area (Å²) in [4.78, 5) is 2.39. The van der Waals surface area contributed by atoms with Crippen LogP contribution in [0.15, 0.2) is 54.1 Å². The van der Waals surface area contributed by atoms with E-state index in [-0.39, 0.29) is 5.92 Å². The quantitative estimate of drug-likeness (QED) is 0.622. The average molecular weight is 401 g/mol. The van der Waals surface area contributed by atoms with Gasteiger partial charge in [-0.05, 0) is 48.1 Å². The highest BCUT2D eigenvalue weighted by Crippen LogP contribution is 2.39. The fourth-order valence-electron chi connectivity index (χ4n) is 4.04. The molecule has 2 aromatic rings. The molecule has 1 fully saturated rings. The Hall–Kier alpha value is -1.84. The molecule has 0 bridgehead atoms. The van der Waals surface area contributed by atoms with Gasteiger partial charge in [0.25, 0.3) is 0 Å². The second-order valence-corrected chi connectivity index (χ2v) is 8.02. The van der Waals surface area contributed by atoms with Crippen molar-refractivity contribution in [3.05, 3.63) is 76.3 Å².